The molecule has 0 heterocycles. The molecule has 0 aliphatic heterocycles. The van der Waals surface area contributed by atoms with Crippen molar-refractivity contribution in [3.8, 4) is 0 Å². The van der Waals surface area contributed by atoms with Gasteiger partial charge in [-0.05, 0) is 28.3 Å². The van der Waals surface area contributed by atoms with Crippen molar-refractivity contribution in [3.05, 3.63) is 155 Å². The zero-order chi connectivity index (χ0) is 33.1. The number of ether oxygens (including phenoxy) is 4. The predicted octanol–water partition coefficient (Wildman–Crippen LogP) is 7.34. The van der Waals surface area contributed by atoms with Gasteiger partial charge >= 0.3 is 15.6 Å². The van der Waals surface area contributed by atoms with E-state index in [-0.39, 0.29) is 33.0 Å². The molecule has 248 valence electrons. The van der Waals surface area contributed by atoms with Crippen LogP contribution in [-0.2, 0) is 59.7 Å². The van der Waals surface area contributed by atoms with Gasteiger partial charge in [-0.2, -0.15) is 21.6 Å². The largest absolute Gasteiger partial charge is 0.534 e. The second-order valence-corrected chi connectivity index (χ2v) is 12.5. The highest BCUT2D eigenvalue weighted by molar-refractivity contribution is 7.87. The van der Waals surface area contributed by atoms with Crippen molar-refractivity contribution in [2.24, 2.45) is 5.92 Å². The average Bonchev–Trinajstić information content (AvgIpc) is 3.07. The molecule has 0 N–H and O–H groups in total. The zero-order valence-electron chi connectivity index (χ0n) is 25.4. The third kappa shape index (κ3) is 9.75. The van der Waals surface area contributed by atoms with E-state index < -0.39 is 45.6 Å². The molecule has 0 radical (unpaired) electrons. The van der Waals surface area contributed by atoms with Crippen LogP contribution >= 0.6 is 0 Å². The van der Waals surface area contributed by atoms with Crippen LogP contribution in [0.2, 0.25) is 0 Å². The first-order chi connectivity index (χ1) is 22.7. The summed E-state index contributed by atoms with van der Waals surface area (Å²) in [6, 6.07) is 36.8. The van der Waals surface area contributed by atoms with Crippen molar-refractivity contribution < 1.29 is 44.7 Å². The van der Waals surface area contributed by atoms with E-state index in [2.05, 4.69) is 0 Å². The van der Waals surface area contributed by atoms with Gasteiger partial charge in [0.1, 0.15) is 18.0 Å². The van der Waals surface area contributed by atoms with Gasteiger partial charge in [0, 0.05) is 5.92 Å². The fourth-order valence-corrected chi connectivity index (χ4v) is 5.63. The SMILES string of the molecule is O=S(=O)(OC1=C[C@H](COCc2ccccc2)[C@@H](OCc2ccccc2)[C@H](OCc2ccccc2)[C@H]1OCc1ccccc1)C(F)(F)F. The van der Waals surface area contributed by atoms with Crippen molar-refractivity contribution >= 4 is 10.1 Å². The van der Waals surface area contributed by atoms with Gasteiger partial charge < -0.3 is 23.1 Å². The molecular formula is C36H35F3O7S. The Morgan fingerprint density at radius 1 is 0.553 bits per heavy atom. The van der Waals surface area contributed by atoms with Crippen LogP contribution in [0.1, 0.15) is 22.3 Å². The average molecular weight is 669 g/mol. The van der Waals surface area contributed by atoms with Gasteiger partial charge in [-0.15, -0.1) is 0 Å². The summed E-state index contributed by atoms with van der Waals surface area (Å²) in [4.78, 5) is 0. The summed E-state index contributed by atoms with van der Waals surface area (Å²) in [6.07, 6.45) is -2.03. The minimum Gasteiger partial charge on any atom is -0.378 e. The van der Waals surface area contributed by atoms with E-state index in [0.29, 0.717) is 5.56 Å². The maximum atomic E-state index is 13.6. The first-order valence-corrected chi connectivity index (χ1v) is 16.4. The quantitative estimate of drug-likeness (QED) is 0.0969. The smallest absolute Gasteiger partial charge is 0.378 e. The summed E-state index contributed by atoms with van der Waals surface area (Å²) < 4.78 is 95.6. The molecule has 0 saturated heterocycles. The van der Waals surface area contributed by atoms with Crippen molar-refractivity contribution in [3.63, 3.8) is 0 Å². The van der Waals surface area contributed by atoms with E-state index in [1.54, 1.807) is 24.3 Å². The van der Waals surface area contributed by atoms with E-state index in [1.807, 2.05) is 97.1 Å². The van der Waals surface area contributed by atoms with Crippen LogP contribution in [0, 0.1) is 5.92 Å². The van der Waals surface area contributed by atoms with Gasteiger partial charge in [0.2, 0.25) is 0 Å². The van der Waals surface area contributed by atoms with Gasteiger partial charge in [-0.1, -0.05) is 121 Å². The summed E-state index contributed by atoms with van der Waals surface area (Å²) >= 11 is 0. The number of halogens is 3. The lowest BCUT2D eigenvalue weighted by atomic mass is 9.87. The molecule has 1 aliphatic carbocycles. The second kappa shape index (κ2) is 16.2. The Morgan fingerprint density at radius 3 is 1.40 bits per heavy atom. The molecule has 0 unspecified atom stereocenters. The summed E-state index contributed by atoms with van der Waals surface area (Å²) in [6.45, 7) is 0.284. The zero-order valence-corrected chi connectivity index (χ0v) is 26.2. The molecule has 0 bridgehead atoms. The number of hydrogen-bond donors (Lipinski definition) is 0. The number of benzene rings is 4. The highest BCUT2D eigenvalue weighted by atomic mass is 32.2. The molecule has 4 aromatic carbocycles. The van der Waals surface area contributed by atoms with Gasteiger partial charge in [-0.3, -0.25) is 0 Å². The number of rotatable bonds is 15. The van der Waals surface area contributed by atoms with Gasteiger partial charge in [0.15, 0.2) is 0 Å². The van der Waals surface area contributed by atoms with Crippen LogP contribution in [0.4, 0.5) is 13.2 Å². The lowest BCUT2D eigenvalue weighted by Crippen LogP contribution is -2.52. The molecule has 5 rings (SSSR count). The predicted molar refractivity (Wildman–Crippen MR) is 169 cm³/mol. The second-order valence-electron chi connectivity index (χ2n) is 11.0. The number of hydrogen-bond acceptors (Lipinski definition) is 7. The van der Waals surface area contributed by atoms with Crippen molar-refractivity contribution in [1.29, 1.82) is 0 Å². The minimum absolute atomic E-state index is 0.0378. The molecule has 47 heavy (non-hydrogen) atoms. The molecule has 0 spiro atoms. The monoisotopic (exact) mass is 668 g/mol. The van der Waals surface area contributed by atoms with Crippen molar-refractivity contribution in [2.75, 3.05) is 6.61 Å². The Labute approximate surface area is 272 Å². The van der Waals surface area contributed by atoms with E-state index in [4.69, 9.17) is 23.1 Å². The van der Waals surface area contributed by atoms with Crippen LogP contribution < -0.4 is 0 Å². The molecule has 0 fully saturated rings. The maximum Gasteiger partial charge on any atom is 0.534 e. The molecule has 7 nitrogen and oxygen atoms in total. The maximum absolute atomic E-state index is 13.6. The van der Waals surface area contributed by atoms with Crippen molar-refractivity contribution in [1.82, 2.24) is 0 Å². The van der Waals surface area contributed by atoms with Crippen LogP contribution in [0.3, 0.4) is 0 Å². The fourth-order valence-electron chi connectivity index (χ4n) is 5.13. The fraction of sp³-hybridized carbons (Fsp3) is 0.278. The lowest BCUT2D eigenvalue weighted by Gasteiger charge is -2.41. The Kier molecular flexibility index (Phi) is 11.8. The molecule has 4 aromatic rings. The third-order valence-electron chi connectivity index (χ3n) is 7.46. The topological polar surface area (TPSA) is 80.3 Å². The summed E-state index contributed by atoms with van der Waals surface area (Å²) in [5.41, 5.74) is -2.44. The normalized spacial score (nSPS) is 20.0. The third-order valence-corrected chi connectivity index (χ3v) is 8.44. The van der Waals surface area contributed by atoms with Crippen LogP contribution in [0.5, 0.6) is 0 Å². The first-order valence-electron chi connectivity index (χ1n) is 15.0. The molecule has 0 saturated carbocycles. The van der Waals surface area contributed by atoms with E-state index in [9.17, 15) is 21.6 Å². The van der Waals surface area contributed by atoms with Crippen LogP contribution in [0.25, 0.3) is 0 Å². The highest BCUT2D eigenvalue weighted by Crippen LogP contribution is 2.37. The lowest BCUT2D eigenvalue weighted by molar-refractivity contribution is -0.172. The summed E-state index contributed by atoms with van der Waals surface area (Å²) in [5.74, 6) is -1.33. The highest BCUT2D eigenvalue weighted by Gasteiger charge is 2.52. The van der Waals surface area contributed by atoms with Crippen LogP contribution in [0.15, 0.2) is 133 Å². The van der Waals surface area contributed by atoms with E-state index in [0.717, 1.165) is 16.7 Å². The molecule has 11 heteroatoms. The Bertz CT molecular complexity index is 1650. The molecule has 4 atom stereocenters. The standard InChI is InChI=1S/C36H35F3O7S/c37-36(38,39)47(40,41)46-32-21-31(26-42-22-27-13-5-1-6-14-27)33(43-23-28-15-7-2-8-16-28)35(45-25-30-19-11-4-12-20-30)34(32)44-24-29-17-9-3-10-18-29/h1-21,31,33-35H,22-26H2/t31-,33-,34+,35+/m1/s1. The molecular weight excluding hydrogens is 633 g/mol. The van der Waals surface area contributed by atoms with Crippen molar-refractivity contribution in [2.45, 2.75) is 50.2 Å². The van der Waals surface area contributed by atoms with Crippen LogP contribution in [-0.4, -0.2) is 38.8 Å². The van der Waals surface area contributed by atoms with Gasteiger partial charge in [0.25, 0.3) is 0 Å². The van der Waals surface area contributed by atoms with E-state index >= 15 is 0 Å². The number of alkyl halides is 3. The Hall–Kier alpha value is -4.00. The minimum atomic E-state index is -6.05. The molecule has 0 aromatic heterocycles. The van der Waals surface area contributed by atoms with Gasteiger partial charge in [0.05, 0.1) is 39.1 Å². The summed E-state index contributed by atoms with van der Waals surface area (Å²) in [7, 11) is -6.05. The molecule has 1 aliphatic rings. The summed E-state index contributed by atoms with van der Waals surface area (Å²) in [5, 5.41) is 0. The Balaban J connectivity index is 1.52. The van der Waals surface area contributed by atoms with Gasteiger partial charge in [-0.25, -0.2) is 0 Å². The van der Waals surface area contributed by atoms with E-state index in [1.165, 1.54) is 6.08 Å². The molecule has 0 amide bonds. The Morgan fingerprint density at radius 2 is 0.957 bits per heavy atom. The first kappa shape index (κ1) is 34.3.